The van der Waals surface area contributed by atoms with Crippen molar-refractivity contribution in [3.05, 3.63) is 0 Å². The van der Waals surface area contributed by atoms with E-state index in [-0.39, 0.29) is 23.1 Å². The van der Waals surface area contributed by atoms with Crippen LogP contribution in [0.4, 0.5) is 0 Å². The summed E-state index contributed by atoms with van der Waals surface area (Å²) in [5, 5.41) is 7.77. The molecule has 0 aliphatic heterocycles. The van der Waals surface area contributed by atoms with Gasteiger partial charge in [-0.05, 0) is 27.7 Å². The highest BCUT2D eigenvalue weighted by Crippen LogP contribution is 1.99. The first-order chi connectivity index (χ1) is 8.56. The summed E-state index contributed by atoms with van der Waals surface area (Å²) in [4.78, 5) is 34.6. The molecule has 0 saturated heterocycles. The van der Waals surface area contributed by atoms with E-state index < -0.39 is 18.0 Å². The number of thiol groups is 1. The van der Waals surface area contributed by atoms with Gasteiger partial charge in [0.15, 0.2) is 0 Å². The second kappa shape index (κ2) is 7.37. The van der Waals surface area contributed by atoms with Gasteiger partial charge in [-0.25, -0.2) is 0 Å². The predicted octanol–water partition coefficient (Wildman–Crippen LogP) is -0.160. The van der Waals surface area contributed by atoms with Crippen LogP contribution in [0.5, 0.6) is 0 Å². The zero-order chi connectivity index (χ0) is 15.2. The molecule has 0 radical (unpaired) electrons. The summed E-state index contributed by atoms with van der Waals surface area (Å²) in [7, 11) is 0. The lowest BCUT2D eigenvalue weighted by atomic mass is 10.1. The molecule has 0 aliphatic carbocycles. The summed E-state index contributed by atoms with van der Waals surface area (Å²) in [6.07, 6.45) is 0. The maximum atomic E-state index is 11.8. The Labute approximate surface area is 119 Å². The molecule has 0 heterocycles. The van der Waals surface area contributed by atoms with E-state index in [0.29, 0.717) is 0 Å². The third kappa shape index (κ3) is 7.71. The maximum Gasteiger partial charge on any atom is 0.244 e. The molecule has 6 nitrogen and oxygen atoms in total. The topological polar surface area (TPSA) is 87.3 Å². The van der Waals surface area contributed by atoms with Gasteiger partial charge in [-0.15, -0.1) is 0 Å². The molecule has 0 rings (SSSR count). The molecule has 7 heteroatoms. The number of carbonyl (C=O) groups excluding carboxylic acids is 3. The lowest BCUT2D eigenvalue weighted by Crippen LogP contribution is -2.55. The Hall–Kier alpha value is -1.24. The van der Waals surface area contributed by atoms with Crippen LogP contribution in [0.3, 0.4) is 0 Å². The van der Waals surface area contributed by atoms with Gasteiger partial charge >= 0.3 is 0 Å². The highest BCUT2D eigenvalue weighted by Gasteiger charge is 2.24. The average Bonchev–Trinajstić information content (AvgIpc) is 2.22. The average molecular weight is 289 g/mol. The maximum absolute atomic E-state index is 11.8. The van der Waals surface area contributed by atoms with E-state index in [0.717, 1.165) is 0 Å². The normalized spacial score (nSPS) is 14.2. The minimum absolute atomic E-state index is 0.166. The Morgan fingerprint density at radius 1 is 1.11 bits per heavy atom. The molecule has 0 spiro atoms. The van der Waals surface area contributed by atoms with Crippen LogP contribution < -0.4 is 16.0 Å². The second-order valence-electron chi connectivity index (χ2n) is 5.41. The van der Waals surface area contributed by atoms with Gasteiger partial charge in [-0.2, -0.15) is 12.6 Å². The predicted molar refractivity (Wildman–Crippen MR) is 77.0 cm³/mol. The van der Waals surface area contributed by atoms with Crippen molar-refractivity contribution in [2.24, 2.45) is 0 Å². The van der Waals surface area contributed by atoms with Crippen molar-refractivity contribution in [1.82, 2.24) is 16.0 Å². The first-order valence-electron chi connectivity index (χ1n) is 6.07. The fourth-order valence-electron chi connectivity index (χ4n) is 1.30. The SMILES string of the molecule is CC(=O)NC(CS)C(=O)NC(C)C(=O)NC(C)(C)C. The highest BCUT2D eigenvalue weighted by molar-refractivity contribution is 7.80. The zero-order valence-corrected chi connectivity index (χ0v) is 12.9. The van der Waals surface area contributed by atoms with Gasteiger partial charge in [0.25, 0.3) is 0 Å². The van der Waals surface area contributed by atoms with E-state index in [1.165, 1.54) is 6.92 Å². The molecule has 19 heavy (non-hydrogen) atoms. The Balaban J connectivity index is 4.45. The fraction of sp³-hybridized carbons (Fsp3) is 0.750. The summed E-state index contributed by atoms with van der Waals surface area (Å²) in [6, 6.07) is -1.42. The summed E-state index contributed by atoms with van der Waals surface area (Å²) < 4.78 is 0. The standard InChI is InChI=1S/C12H23N3O3S/c1-7(10(17)15-12(3,4)5)13-11(18)9(6-19)14-8(2)16/h7,9,19H,6H2,1-5H3,(H,13,18)(H,14,16)(H,15,17). The van der Waals surface area contributed by atoms with Gasteiger partial charge in [0.1, 0.15) is 12.1 Å². The van der Waals surface area contributed by atoms with Crippen molar-refractivity contribution >= 4 is 30.4 Å². The van der Waals surface area contributed by atoms with Crippen LogP contribution in [0.25, 0.3) is 0 Å². The summed E-state index contributed by atoms with van der Waals surface area (Å²) in [5.41, 5.74) is -0.364. The molecule has 2 unspecified atom stereocenters. The number of hydrogen-bond acceptors (Lipinski definition) is 4. The van der Waals surface area contributed by atoms with Crippen LogP contribution in [0.2, 0.25) is 0 Å². The van der Waals surface area contributed by atoms with Crippen molar-refractivity contribution in [2.75, 3.05) is 5.75 Å². The first kappa shape index (κ1) is 17.8. The molecular weight excluding hydrogens is 266 g/mol. The quantitative estimate of drug-likeness (QED) is 0.530. The van der Waals surface area contributed by atoms with Crippen LogP contribution in [-0.2, 0) is 14.4 Å². The Bertz CT molecular complexity index is 353. The minimum Gasteiger partial charge on any atom is -0.350 e. The van der Waals surface area contributed by atoms with Crippen molar-refractivity contribution in [3.63, 3.8) is 0 Å². The van der Waals surface area contributed by atoms with Gasteiger partial charge in [0.05, 0.1) is 0 Å². The number of nitrogens with one attached hydrogen (secondary N) is 3. The molecule has 0 aromatic rings. The molecule has 110 valence electrons. The third-order valence-corrected chi connectivity index (χ3v) is 2.49. The number of rotatable bonds is 5. The Morgan fingerprint density at radius 3 is 2.00 bits per heavy atom. The van der Waals surface area contributed by atoms with E-state index in [2.05, 4.69) is 28.6 Å². The second-order valence-corrected chi connectivity index (χ2v) is 5.77. The van der Waals surface area contributed by atoms with Gasteiger partial charge in [0, 0.05) is 18.2 Å². The third-order valence-electron chi connectivity index (χ3n) is 2.13. The minimum atomic E-state index is -0.745. The van der Waals surface area contributed by atoms with Crippen molar-refractivity contribution < 1.29 is 14.4 Å². The van der Waals surface area contributed by atoms with E-state index in [4.69, 9.17) is 0 Å². The first-order valence-corrected chi connectivity index (χ1v) is 6.70. The molecule has 0 aliphatic rings. The van der Waals surface area contributed by atoms with Gasteiger partial charge in [0.2, 0.25) is 17.7 Å². The van der Waals surface area contributed by atoms with Crippen LogP contribution >= 0.6 is 12.6 Å². The number of hydrogen-bond donors (Lipinski definition) is 4. The zero-order valence-electron chi connectivity index (χ0n) is 12.0. The molecule has 0 saturated carbocycles. The fourth-order valence-corrected chi connectivity index (χ4v) is 1.55. The van der Waals surface area contributed by atoms with Gasteiger partial charge in [-0.1, -0.05) is 0 Å². The molecule has 0 fully saturated rings. The molecule has 0 bridgehead atoms. The van der Waals surface area contributed by atoms with Crippen LogP contribution in [0, 0.1) is 0 Å². The van der Waals surface area contributed by atoms with Crippen molar-refractivity contribution in [3.8, 4) is 0 Å². The Morgan fingerprint density at radius 2 is 1.63 bits per heavy atom. The lowest BCUT2D eigenvalue weighted by molar-refractivity contribution is -0.131. The Kier molecular flexibility index (Phi) is 6.89. The smallest absolute Gasteiger partial charge is 0.244 e. The summed E-state index contributed by atoms with van der Waals surface area (Å²) >= 11 is 4.00. The van der Waals surface area contributed by atoms with Gasteiger partial charge < -0.3 is 16.0 Å². The number of amides is 3. The number of carbonyl (C=O) groups is 3. The van der Waals surface area contributed by atoms with E-state index in [1.807, 2.05) is 20.8 Å². The van der Waals surface area contributed by atoms with Crippen LogP contribution in [-0.4, -0.2) is 41.1 Å². The van der Waals surface area contributed by atoms with Crippen molar-refractivity contribution in [2.45, 2.75) is 52.2 Å². The highest BCUT2D eigenvalue weighted by atomic mass is 32.1. The molecule has 3 N–H and O–H groups in total. The largest absolute Gasteiger partial charge is 0.350 e. The molecule has 0 aromatic carbocycles. The van der Waals surface area contributed by atoms with E-state index >= 15 is 0 Å². The summed E-state index contributed by atoms with van der Waals surface area (Å²) in [6.45, 7) is 8.47. The van der Waals surface area contributed by atoms with Crippen LogP contribution in [0.15, 0.2) is 0 Å². The monoisotopic (exact) mass is 289 g/mol. The van der Waals surface area contributed by atoms with Gasteiger partial charge in [-0.3, -0.25) is 14.4 Å². The molecular formula is C12H23N3O3S. The lowest BCUT2D eigenvalue weighted by Gasteiger charge is -2.24. The molecule has 2 atom stereocenters. The summed E-state index contributed by atoms with van der Waals surface area (Å²) in [5.74, 6) is -0.858. The molecule has 3 amide bonds. The van der Waals surface area contributed by atoms with E-state index in [1.54, 1.807) is 6.92 Å². The van der Waals surface area contributed by atoms with Crippen LogP contribution in [0.1, 0.15) is 34.6 Å². The van der Waals surface area contributed by atoms with E-state index in [9.17, 15) is 14.4 Å². The molecule has 0 aromatic heterocycles. The van der Waals surface area contributed by atoms with Crippen molar-refractivity contribution in [1.29, 1.82) is 0 Å².